The number of hydrogen-bond acceptors (Lipinski definition) is 2. The fraction of sp³-hybridized carbons (Fsp3) is 0.214. The zero-order valence-electron chi connectivity index (χ0n) is 10.5. The number of nitrogens with one attached hydrogen (secondary N) is 1. The van der Waals surface area contributed by atoms with E-state index in [2.05, 4.69) is 5.32 Å². The van der Waals surface area contributed by atoms with E-state index in [4.69, 9.17) is 5.73 Å². The second-order valence-corrected chi connectivity index (χ2v) is 4.41. The lowest BCUT2D eigenvalue weighted by Gasteiger charge is -2.10. The third-order valence-electron chi connectivity index (χ3n) is 2.86. The van der Waals surface area contributed by atoms with Gasteiger partial charge in [0, 0.05) is 12.2 Å². The number of anilines is 1. The molecule has 0 bridgehead atoms. The Balaban J connectivity index is 2.15. The van der Waals surface area contributed by atoms with Crippen LogP contribution in [0.3, 0.4) is 0 Å². The molecule has 0 radical (unpaired) electrons. The van der Waals surface area contributed by atoms with Crippen LogP contribution in [0.5, 0.6) is 0 Å². The molecule has 0 atom stereocenters. The quantitative estimate of drug-likeness (QED) is 0.850. The number of amides is 1. The molecule has 0 heterocycles. The van der Waals surface area contributed by atoms with Crippen molar-refractivity contribution in [1.29, 1.82) is 0 Å². The van der Waals surface area contributed by atoms with E-state index in [1.54, 1.807) is 18.2 Å². The topological polar surface area (TPSA) is 55.1 Å². The van der Waals surface area contributed by atoms with Crippen molar-refractivity contribution in [3.63, 3.8) is 0 Å². The van der Waals surface area contributed by atoms with Gasteiger partial charge in [-0.1, -0.05) is 24.3 Å². The predicted octanol–water partition coefficient (Wildman–Crippen LogP) is 3.10. The van der Waals surface area contributed by atoms with Crippen LogP contribution in [-0.2, 0) is 0 Å². The highest BCUT2D eigenvalue weighted by Crippen LogP contribution is 2.22. The van der Waals surface area contributed by atoms with E-state index in [0.717, 1.165) is 10.8 Å². The Bertz CT molecular complexity index is 638. The highest BCUT2D eigenvalue weighted by molar-refractivity contribution is 6.03. The average molecular weight is 282 g/mol. The standard InChI is InChI=1S/C14H13F3N2O/c15-14(16,17)5-6-19-13(20)11-7-9-3-1-2-4-10(9)8-12(11)18/h1-4,7-8H,5-6,18H2,(H,19,20). The van der Waals surface area contributed by atoms with Gasteiger partial charge in [0.25, 0.3) is 5.91 Å². The van der Waals surface area contributed by atoms with E-state index in [0.29, 0.717) is 0 Å². The van der Waals surface area contributed by atoms with Gasteiger partial charge in [0.15, 0.2) is 0 Å². The molecule has 3 N–H and O–H groups in total. The number of alkyl halides is 3. The first-order chi connectivity index (χ1) is 9.37. The van der Waals surface area contributed by atoms with Crippen LogP contribution < -0.4 is 11.1 Å². The molecule has 3 nitrogen and oxygen atoms in total. The summed E-state index contributed by atoms with van der Waals surface area (Å²) in [5, 5.41) is 3.90. The Kier molecular flexibility index (Phi) is 3.83. The molecule has 0 aliphatic carbocycles. The van der Waals surface area contributed by atoms with Gasteiger partial charge in [-0.3, -0.25) is 4.79 Å². The van der Waals surface area contributed by atoms with E-state index >= 15 is 0 Å². The molecule has 0 spiro atoms. The Morgan fingerprint density at radius 1 is 1.15 bits per heavy atom. The van der Waals surface area contributed by atoms with E-state index in [-0.39, 0.29) is 11.3 Å². The molecule has 2 aromatic carbocycles. The van der Waals surface area contributed by atoms with E-state index in [9.17, 15) is 18.0 Å². The number of carbonyl (C=O) groups excluding carboxylic acids is 1. The summed E-state index contributed by atoms with van der Waals surface area (Å²) in [7, 11) is 0. The van der Waals surface area contributed by atoms with Gasteiger partial charge in [-0.25, -0.2) is 0 Å². The molecule has 20 heavy (non-hydrogen) atoms. The molecule has 0 aromatic heterocycles. The zero-order valence-corrected chi connectivity index (χ0v) is 10.5. The number of carbonyl (C=O) groups is 1. The van der Waals surface area contributed by atoms with Gasteiger partial charge in [-0.2, -0.15) is 13.2 Å². The fourth-order valence-electron chi connectivity index (χ4n) is 1.87. The maximum atomic E-state index is 12.0. The average Bonchev–Trinajstić information content (AvgIpc) is 2.36. The molecule has 1 amide bonds. The van der Waals surface area contributed by atoms with Gasteiger partial charge in [0.1, 0.15) is 0 Å². The van der Waals surface area contributed by atoms with Gasteiger partial charge >= 0.3 is 6.18 Å². The van der Waals surface area contributed by atoms with Gasteiger partial charge in [0.2, 0.25) is 0 Å². The fourth-order valence-corrected chi connectivity index (χ4v) is 1.87. The van der Waals surface area contributed by atoms with Crippen molar-refractivity contribution in [3.8, 4) is 0 Å². The maximum absolute atomic E-state index is 12.0. The van der Waals surface area contributed by atoms with Crippen LogP contribution in [0.1, 0.15) is 16.8 Å². The van der Waals surface area contributed by atoms with Gasteiger partial charge in [-0.05, 0) is 22.9 Å². The third-order valence-corrected chi connectivity index (χ3v) is 2.86. The number of nitrogens with two attached hydrogens (primary N) is 1. The summed E-state index contributed by atoms with van der Waals surface area (Å²) >= 11 is 0. The molecule has 106 valence electrons. The summed E-state index contributed by atoms with van der Waals surface area (Å²) < 4.78 is 36.1. The largest absolute Gasteiger partial charge is 0.398 e. The molecule has 0 aliphatic heterocycles. The minimum atomic E-state index is -4.29. The number of nitrogen functional groups attached to an aromatic ring is 1. The summed E-state index contributed by atoms with van der Waals surface area (Å²) in [6.45, 7) is -0.464. The lowest BCUT2D eigenvalue weighted by atomic mass is 10.0. The number of fused-ring (bicyclic) bond motifs is 1. The Labute approximate surface area is 113 Å². The molecule has 0 saturated carbocycles. The van der Waals surface area contributed by atoms with Crippen LogP contribution in [0.15, 0.2) is 36.4 Å². The van der Waals surface area contributed by atoms with E-state index in [1.807, 2.05) is 18.2 Å². The van der Waals surface area contributed by atoms with Gasteiger partial charge < -0.3 is 11.1 Å². The molecule has 0 fully saturated rings. The van der Waals surface area contributed by atoms with Crippen molar-refractivity contribution in [2.24, 2.45) is 0 Å². The smallest absolute Gasteiger partial charge is 0.390 e. The first-order valence-corrected chi connectivity index (χ1v) is 6.00. The summed E-state index contributed by atoms with van der Waals surface area (Å²) in [5.74, 6) is -0.600. The summed E-state index contributed by atoms with van der Waals surface area (Å²) in [6.07, 6.45) is -5.35. The number of benzene rings is 2. The van der Waals surface area contributed by atoms with Crippen molar-refractivity contribution in [2.75, 3.05) is 12.3 Å². The highest BCUT2D eigenvalue weighted by atomic mass is 19.4. The Morgan fingerprint density at radius 3 is 2.35 bits per heavy atom. The van der Waals surface area contributed by atoms with Crippen molar-refractivity contribution in [2.45, 2.75) is 12.6 Å². The zero-order chi connectivity index (χ0) is 14.8. The van der Waals surface area contributed by atoms with Crippen LogP contribution in [0.4, 0.5) is 18.9 Å². The molecular formula is C14H13F3N2O. The highest BCUT2D eigenvalue weighted by Gasteiger charge is 2.26. The normalized spacial score (nSPS) is 11.6. The minimum Gasteiger partial charge on any atom is -0.398 e. The summed E-state index contributed by atoms with van der Waals surface area (Å²) in [4.78, 5) is 11.8. The monoisotopic (exact) mass is 282 g/mol. The maximum Gasteiger partial charge on any atom is 0.390 e. The summed E-state index contributed by atoms with van der Waals surface area (Å²) in [6, 6.07) is 10.5. The Morgan fingerprint density at radius 2 is 1.75 bits per heavy atom. The number of hydrogen-bond donors (Lipinski definition) is 2. The lowest BCUT2D eigenvalue weighted by molar-refractivity contribution is -0.132. The van der Waals surface area contributed by atoms with E-state index < -0.39 is 25.0 Å². The summed E-state index contributed by atoms with van der Waals surface area (Å²) in [5.41, 5.74) is 6.19. The minimum absolute atomic E-state index is 0.186. The van der Waals surface area contributed by atoms with Gasteiger partial charge in [0.05, 0.1) is 12.0 Å². The molecule has 0 aliphatic rings. The molecule has 0 saturated heterocycles. The second kappa shape index (κ2) is 5.40. The predicted molar refractivity (Wildman–Crippen MR) is 71.4 cm³/mol. The molecule has 0 unspecified atom stereocenters. The van der Waals surface area contributed by atoms with Crippen LogP contribution >= 0.6 is 0 Å². The SMILES string of the molecule is Nc1cc2ccccc2cc1C(=O)NCCC(F)(F)F. The van der Waals surface area contributed by atoms with Crippen LogP contribution in [-0.4, -0.2) is 18.6 Å². The van der Waals surface area contributed by atoms with Crippen LogP contribution in [0.25, 0.3) is 10.8 Å². The molecule has 2 rings (SSSR count). The second-order valence-electron chi connectivity index (χ2n) is 4.41. The van der Waals surface area contributed by atoms with Gasteiger partial charge in [-0.15, -0.1) is 0 Å². The van der Waals surface area contributed by atoms with Crippen LogP contribution in [0, 0.1) is 0 Å². The lowest BCUT2D eigenvalue weighted by Crippen LogP contribution is -2.28. The Hall–Kier alpha value is -2.24. The first kappa shape index (κ1) is 14.2. The van der Waals surface area contributed by atoms with Crippen molar-refractivity contribution >= 4 is 22.4 Å². The molecule has 2 aromatic rings. The van der Waals surface area contributed by atoms with E-state index in [1.165, 1.54) is 0 Å². The molecule has 6 heteroatoms. The first-order valence-electron chi connectivity index (χ1n) is 6.00. The van der Waals surface area contributed by atoms with Crippen molar-refractivity contribution < 1.29 is 18.0 Å². The molecular weight excluding hydrogens is 269 g/mol. The number of rotatable bonds is 3. The van der Waals surface area contributed by atoms with Crippen molar-refractivity contribution in [1.82, 2.24) is 5.32 Å². The van der Waals surface area contributed by atoms with Crippen molar-refractivity contribution in [3.05, 3.63) is 42.0 Å². The number of halogens is 3. The van der Waals surface area contributed by atoms with Crippen LogP contribution in [0.2, 0.25) is 0 Å². The third kappa shape index (κ3) is 3.40.